The fourth-order valence-electron chi connectivity index (χ4n) is 2.61. The van der Waals surface area contributed by atoms with Gasteiger partial charge in [-0.25, -0.2) is 9.97 Å². The molecule has 0 bridgehead atoms. The van der Waals surface area contributed by atoms with Gasteiger partial charge in [0.25, 0.3) is 5.91 Å². The number of hydrogen-bond acceptors (Lipinski definition) is 6. The molecule has 3 aromatic rings. The maximum absolute atomic E-state index is 12.3. The molecule has 8 heteroatoms. The Kier molecular flexibility index (Phi) is 3.73. The molecule has 1 amide bonds. The fraction of sp³-hybridized carbons (Fsp3) is 0.250. The Balaban J connectivity index is 1.63. The monoisotopic (exact) mass is 341 g/mol. The summed E-state index contributed by atoms with van der Waals surface area (Å²) in [5, 5.41) is 9.69. The van der Waals surface area contributed by atoms with Gasteiger partial charge in [0.15, 0.2) is 6.61 Å². The number of aromatic amines is 1. The Morgan fingerprint density at radius 1 is 1.38 bits per heavy atom. The number of fused-ring (bicyclic) bond motifs is 1. The Morgan fingerprint density at radius 2 is 2.29 bits per heavy atom. The highest BCUT2D eigenvalue weighted by Gasteiger charge is 2.24. The number of nitrogens with zero attached hydrogens (tertiary/aromatic N) is 4. The third-order valence-electron chi connectivity index (χ3n) is 3.79. The van der Waals surface area contributed by atoms with E-state index < -0.39 is 0 Å². The van der Waals surface area contributed by atoms with Crippen LogP contribution in [0.25, 0.3) is 11.3 Å². The maximum Gasteiger partial charge on any atom is 0.261 e. The summed E-state index contributed by atoms with van der Waals surface area (Å²) in [6.07, 6.45) is 3.50. The Hall–Kier alpha value is -2.74. The first-order valence-electron chi connectivity index (χ1n) is 7.50. The first kappa shape index (κ1) is 14.8. The predicted octanol–water partition coefficient (Wildman–Crippen LogP) is 2.16. The molecule has 122 valence electrons. The van der Waals surface area contributed by atoms with E-state index in [4.69, 9.17) is 4.74 Å². The van der Waals surface area contributed by atoms with Gasteiger partial charge in [-0.2, -0.15) is 5.10 Å². The Bertz CT molecular complexity index is 874. The van der Waals surface area contributed by atoms with Crippen molar-refractivity contribution in [2.24, 2.45) is 0 Å². The second-order valence-corrected chi connectivity index (χ2v) is 6.59. The second-order valence-electron chi connectivity index (χ2n) is 5.52. The van der Waals surface area contributed by atoms with Gasteiger partial charge in [-0.05, 0) is 19.1 Å². The largest absolute Gasteiger partial charge is 0.482 e. The maximum atomic E-state index is 12.3. The number of aromatic nitrogens is 4. The van der Waals surface area contributed by atoms with Crippen LogP contribution >= 0.6 is 11.3 Å². The van der Waals surface area contributed by atoms with Crippen molar-refractivity contribution in [1.29, 1.82) is 0 Å². The second kappa shape index (κ2) is 6.04. The minimum Gasteiger partial charge on any atom is -0.482 e. The molecule has 0 saturated heterocycles. The number of pyridine rings is 1. The molecule has 0 fully saturated rings. The zero-order valence-corrected chi connectivity index (χ0v) is 13.8. The van der Waals surface area contributed by atoms with Crippen molar-refractivity contribution in [2.45, 2.75) is 20.0 Å². The molecule has 1 aliphatic heterocycles. The normalized spacial score (nSPS) is 14.2. The molecule has 24 heavy (non-hydrogen) atoms. The molecule has 0 aliphatic carbocycles. The summed E-state index contributed by atoms with van der Waals surface area (Å²) < 4.78 is 5.61. The van der Waals surface area contributed by atoms with Gasteiger partial charge in [-0.3, -0.25) is 9.89 Å². The highest BCUT2D eigenvalue weighted by Crippen LogP contribution is 2.26. The van der Waals surface area contributed by atoms with Gasteiger partial charge in [-0.15, -0.1) is 11.3 Å². The van der Waals surface area contributed by atoms with Crippen molar-refractivity contribution in [2.75, 3.05) is 6.61 Å². The van der Waals surface area contributed by atoms with Crippen molar-refractivity contribution in [3.8, 4) is 17.0 Å². The number of thiazole rings is 1. The highest BCUT2D eigenvalue weighted by atomic mass is 32.1. The first-order valence-corrected chi connectivity index (χ1v) is 8.37. The number of hydrogen-bond donors (Lipinski definition) is 1. The third-order valence-corrected chi connectivity index (χ3v) is 4.61. The number of aryl methyl sites for hydroxylation is 1. The van der Waals surface area contributed by atoms with Crippen LogP contribution in [-0.2, 0) is 17.9 Å². The number of nitrogens with one attached hydrogen (secondary N) is 1. The van der Waals surface area contributed by atoms with Gasteiger partial charge in [0.05, 0.1) is 35.7 Å². The van der Waals surface area contributed by atoms with Crippen molar-refractivity contribution < 1.29 is 9.53 Å². The minimum atomic E-state index is -0.0662. The third kappa shape index (κ3) is 2.88. The van der Waals surface area contributed by atoms with Crippen LogP contribution in [0.5, 0.6) is 5.75 Å². The molecule has 4 rings (SSSR count). The van der Waals surface area contributed by atoms with Crippen LogP contribution in [0.4, 0.5) is 0 Å². The molecular formula is C16H15N5O2S. The first-order chi connectivity index (χ1) is 11.7. The van der Waals surface area contributed by atoms with Crippen LogP contribution in [-0.4, -0.2) is 37.6 Å². The number of carbonyl (C=O) groups is 1. The van der Waals surface area contributed by atoms with Crippen LogP contribution in [0, 0.1) is 6.92 Å². The van der Waals surface area contributed by atoms with Crippen LogP contribution in [0.3, 0.4) is 0 Å². The zero-order valence-electron chi connectivity index (χ0n) is 13.0. The van der Waals surface area contributed by atoms with Gasteiger partial charge >= 0.3 is 0 Å². The van der Waals surface area contributed by atoms with E-state index in [1.165, 1.54) is 0 Å². The minimum absolute atomic E-state index is 0.0167. The SMILES string of the molecule is Cc1nc(CN2Cc3nc(-c4cn[nH]c4)ccc3OCC2=O)cs1. The number of rotatable bonds is 3. The molecule has 1 aliphatic rings. The summed E-state index contributed by atoms with van der Waals surface area (Å²) in [6.45, 7) is 2.83. The molecule has 0 saturated carbocycles. The van der Waals surface area contributed by atoms with Crippen molar-refractivity contribution in [1.82, 2.24) is 25.1 Å². The average Bonchev–Trinajstić information content (AvgIpc) is 3.21. The summed E-state index contributed by atoms with van der Waals surface area (Å²) in [4.78, 5) is 23.2. The van der Waals surface area contributed by atoms with Crippen LogP contribution < -0.4 is 4.74 Å². The quantitative estimate of drug-likeness (QED) is 0.789. The molecule has 1 N–H and O–H groups in total. The van der Waals surface area contributed by atoms with Crippen LogP contribution in [0.1, 0.15) is 16.4 Å². The van der Waals surface area contributed by atoms with Crippen LogP contribution in [0.15, 0.2) is 29.9 Å². The summed E-state index contributed by atoms with van der Waals surface area (Å²) in [5.41, 5.74) is 3.33. The topological polar surface area (TPSA) is 84.0 Å². The van der Waals surface area contributed by atoms with Gasteiger partial charge in [-0.1, -0.05) is 0 Å². The standard InChI is InChI=1S/C16H15N5O2S/c1-10-19-12(9-24-10)6-21-7-14-15(23-8-16(21)22)3-2-13(20-14)11-4-17-18-5-11/h2-5,9H,6-8H2,1H3,(H,17,18). The van der Waals surface area contributed by atoms with E-state index in [1.54, 1.807) is 28.6 Å². The van der Waals surface area contributed by atoms with Gasteiger partial charge in [0, 0.05) is 17.1 Å². The number of H-pyrrole nitrogens is 1. The van der Waals surface area contributed by atoms with Crippen molar-refractivity contribution in [3.63, 3.8) is 0 Å². The summed E-state index contributed by atoms with van der Waals surface area (Å²) in [6, 6.07) is 3.72. The molecule has 7 nitrogen and oxygen atoms in total. The summed E-state index contributed by atoms with van der Waals surface area (Å²) in [7, 11) is 0. The van der Waals surface area contributed by atoms with E-state index in [1.807, 2.05) is 24.4 Å². The number of amides is 1. The molecule has 0 unspecified atom stereocenters. The van der Waals surface area contributed by atoms with E-state index in [9.17, 15) is 4.79 Å². The predicted molar refractivity (Wildman–Crippen MR) is 88.4 cm³/mol. The molecule has 0 aromatic carbocycles. The molecular weight excluding hydrogens is 326 g/mol. The Labute approximate surface area is 142 Å². The zero-order chi connectivity index (χ0) is 16.5. The van der Waals surface area contributed by atoms with E-state index in [2.05, 4.69) is 20.2 Å². The highest BCUT2D eigenvalue weighted by molar-refractivity contribution is 7.09. The molecule has 0 atom stereocenters. The van der Waals surface area contributed by atoms with Crippen molar-refractivity contribution >= 4 is 17.2 Å². The number of ether oxygens (including phenoxy) is 1. The average molecular weight is 341 g/mol. The molecule has 3 aromatic heterocycles. The molecule has 0 spiro atoms. The number of carbonyl (C=O) groups excluding carboxylic acids is 1. The summed E-state index contributed by atoms with van der Waals surface area (Å²) in [5.74, 6) is 0.580. The summed E-state index contributed by atoms with van der Waals surface area (Å²) >= 11 is 1.58. The van der Waals surface area contributed by atoms with E-state index >= 15 is 0 Å². The van der Waals surface area contributed by atoms with E-state index in [-0.39, 0.29) is 12.5 Å². The molecule has 4 heterocycles. The lowest BCUT2D eigenvalue weighted by Gasteiger charge is -2.18. The lowest BCUT2D eigenvalue weighted by molar-refractivity contribution is -0.133. The van der Waals surface area contributed by atoms with Gasteiger partial charge in [0.1, 0.15) is 11.4 Å². The fourth-order valence-corrected chi connectivity index (χ4v) is 3.21. The van der Waals surface area contributed by atoms with E-state index in [0.717, 1.165) is 27.7 Å². The lowest BCUT2D eigenvalue weighted by Crippen LogP contribution is -2.32. The molecule has 0 radical (unpaired) electrons. The van der Waals surface area contributed by atoms with Gasteiger partial charge in [0.2, 0.25) is 0 Å². The van der Waals surface area contributed by atoms with Gasteiger partial charge < -0.3 is 9.64 Å². The smallest absolute Gasteiger partial charge is 0.261 e. The van der Waals surface area contributed by atoms with E-state index in [0.29, 0.717) is 18.8 Å². The lowest BCUT2D eigenvalue weighted by atomic mass is 10.2. The Morgan fingerprint density at radius 3 is 3.04 bits per heavy atom. The van der Waals surface area contributed by atoms with Crippen LogP contribution in [0.2, 0.25) is 0 Å². The van der Waals surface area contributed by atoms with Crippen molar-refractivity contribution in [3.05, 3.63) is 46.3 Å².